The summed E-state index contributed by atoms with van der Waals surface area (Å²) in [6.07, 6.45) is -0.863. The third-order valence-corrected chi connectivity index (χ3v) is 9.77. The van der Waals surface area contributed by atoms with Crippen molar-refractivity contribution in [3.8, 4) is 0 Å². The Morgan fingerprint density at radius 2 is 1.51 bits per heavy atom. The molecule has 0 aliphatic heterocycles. The monoisotopic (exact) mass is 858 g/mol. The summed E-state index contributed by atoms with van der Waals surface area (Å²) >= 11 is 5.97. The number of anilines is 2. The van der Waals surface area contributed by atoms with Crippen LogP contribution in [0.25, 0.3) is 0 Å². The fraction of sp³-hybridized carbons (Fsp3) is 0.538. The van der Waals surface area contributed by atoms with Gasteiger partial charge in [0.25, 0.3) is 11.8 Å². The molecule has 2 aromatic carbocycles. The number of aliphatic hydroxyl groups is 5. The van der Waals surface area contributed by atoms with Gasteiger partial charge in [-0.1, -0.05) is 74.2 Å². The second-order valence-corrected chi connectivity index (χ2v) is 14.3. The van der Waals surface area contributed by atoms with Crippen molar-refractivity contribution in [2.45, 2.75) is 76.8 Å². The molecule has 15 nitrogen and oxygen atoms in total. The first-order valence-corrected chi connectivity index (χ1v) is 19.3. The van der Waals surface area contributed by atoms with Gasteiger partial charge in [-0.05, 0) is 80.6 Å². The lowest BCUT2D eigenvalue weighted by atomic mass is 9.95. The molecule has 320 valence electrons. The van der Waals surface area contributed by atoms with E-state index in [2.05, 4.69) is 51.9 Å². The maximum absolute atomic E-state index is 13.0. The van der Waals surface area contributed by atoms with Crippen molar-refractivity contribution in [1.82, 2.24) is 30.8 Å². The summed E-state index contributed by atoms with van der Waals surface area (Å²) in [6.45, 7) is 6.39. The first kappa shape index (κ1) is 51.7. The maximum atomic E-state index is 13.0. The van der Waals surface area contributed by atoms with Gasteiger partial charge in [0, 0.05) is 31.7 Å². The highest BCUT2D eigenvalue weighted by molar-refractivity contribution is 6.31. The summed E-state index contributed by atoms with van der Waals surface area (Å²) in [4.78, 5) is 35.7. The number of carbonyl (C=O) groups is 2. The van der Waals surface area contributed by atoms with Gasteiger partial charge in [-0.3, -0.25) is 14.5 Å². The van der Waals surface area contributed by atoms with Gasteiger partial charge in [0.1, 0.15) is 18.3 Å². The zero-order valence-corrected chi connectivity index (χ0v) is 35.0. The normalized spacial score (nSPS) is 13.8. The Morgan fingerprint density at radius 3 is 2.18 bits per heavy atom. The number of carbonyl (C=O) groups excluding carboxylic acids is 2. The fourth-order valence-electron chi connectivity index (χ4n) is 6.08. The second-order valence-electron chi connectivity index (χ2n) is 13.9. The van der Waals surface area contributed by atoms with Crippen LogP contribution in [0.15, 0.2) is 48.5 Å². The van der Waals surface area contributed by atoms with Crippen LogP contribution in [-0.4, -0.2) is 129 Å². The van der Waals surface area contributed by atoms with Crippen LogP contribution in [0.4, 0.5) is 11.6 Å². The van der Waals surface area contributed by atoms with Crippen molar-refractivity contribution in [3.05, 3.63) is 81.6 Å². The van der Waals surface area contributed by atoms with Crippen molar-refractivity contribution in [2.75, 3.05) is 63.9 Å². The van der Waals surface area contributed by atoms with Gasteiger partial charge < -0.3 is 53.0 Å². The molecule has 3 rings (SSSR count). The zero-order valence-electron chi connectivity index (χ0n) is 32.6. The Kier molecular flexibility index (Phi) is 24.8. The van der Waals surface area contributed by atoms with Crippen molar-refractivity contribution in [2.24, 2.45) is 5.92 Å². The van der Waals surface area contributed by atoms with Crippen LogP contribution in [0.3, 0.4) is 0 Å². The molecule has 0 bridgehead atoms. The van der Waals surface area contributed by atoms with Crippen molar-refractivity contribution >= 4 is 59.9 Å². The van der Waals surface area contributed by atoms with E-state index in [-0.39, 0.29) is 65.7 Å². The molecule has 0 aliphatic carbocycles. The molecule has 2 amide bonds. The molecule has 5 atom stereocenters. The van der Waals surface area contributed by atoms with Gasteiger partial charge in [0.2, 0.25) is 0 Å². The van der Waals surface area contributed by atoms with Crippen molar-refractivity contribution < 1.29 is 35.1 Å². The van der Waals surface area contributed by atoms with Crippen LogP contribution >= 0.6 is 36.4 Å². The molecule has 1 heterocycles. The van der Waals surface area contributed by atoms with E-state index in [1.54, 1.807) is 12.1 Å². The van der Waals surface area contributed by atoms with E-state index < -0.39 is 36.9 Å². The summed E-state index contributed by atoms with van der Waals surface area (Å²) in [6, 6.07) is 15.5. The number of unbranched alkanes of at least 4 members (excludes halogenated alkanes) is 3. The quantitative estimate of drug-likeness (QED) is 0.0548. The highest BCUT2D eigenvalue weighted by atomic mass is 35.5. The number of amides is 2. The van der Waals surface area contributed by atoms with Crippen LogP contribution in [0.2, 0.25) is 5.15 Å². The van der Waals surface area contributed by atoms with Crippen LogP contribution in [0.1, 0.15) is 70.1 Å². The van der Waals surface area contributed by atoms with Crippen LogP contribution in [0.5, 0.6) is 0 Å². The third kappa shape index (κ3) is 17.6. The molecule has 18 heteroatoms. The number of nitrogens with zero attached hydrogens (tertiary/aromatic N) is 3. The average Bonchev–Trinajstić information content (AvgIpc) is 3.18. The molecule has 0 saturated carbocycles. The Hall–Kier alpha value is -3.35. The second kappa shape index (κ2) is 27.4. The summed E-state index contributed by atoms with van der Waals surface area (Å²) in [5.74, 6) is -0.831. The summed E-state index contributed by atoms with van der Waals surface area (Å²) in [7, 11) is 0. The number of rotatable bonds is 25. The molecule has 12 N–H and O–H groups in total. The van der Waals surface area contributed by atoms with E-state index >= 15 is 0 Å². The molecule has 0 fully saturated rings. The van der Waals surface area contributed by atoms with Gasteiger partial charge >= 0.3 is 0 Å². The first-order chi connectivity index (χ1) is 26.3. The zero-order chi connectivity index (χ0) is 40.3. The number of aryl methyl sites for hydroxylation is 1. The molecule has 1 aromatic heterocycles. The number of aliphatic hydroxyl groups excluding tert-OH is 5. The Labute approximate surface area is 352 Å². The minimum atomic E-state index is -1.69. The molecule has 0 aliphatic rings. The maximum Gasteiger partial charge on any atom is 0.273 e. The number of benzene rings is 2. The summed E-state index contributed by atoms with van der Waals surface area (Å²) in [5, 5.41) is 58.8. The Balaban J connectivity index is 0.00000812. The van der Waals surface area contributed by atoms with Gasteiger partial charge in [-0.25, -0.2) is 9.97 Å². The number of halogens is 3. The highest BCUT2D eigenvalue weighted by Gasteiger charge is 2.31. The lowest BCUT2D eigenvalue weighted by Gasteiger charge is -2.30. The smallest absolute Gasteiger partial charge is 0.273 e. The number of hydrogen-bond acceptors (Lipinski definition) is 13. The molecule has 0 radical (unpaired) electrons. The van der Waals surface area contributed by atoms with E-state index in [1.165, 1.54) is 5.56 Å². The predicted molar refractivity (Wildman–Crippen MR) is 228 cm³/mol. The van der Waals surface area contributed by atoms with Gasteiger partial charge in [-0.2, -0.15) is 0 Å². The first-order valence-electron chi connectivity index (χ1n) is 18.9. The molecular formula is C39H61Cl3N8O7. The lowest BCUT2D eigenvalue weighted by molar-refractivity contribution is -0.119. The largest absolute Gasteiger partial charge is 0.394 e. The number of aromatic nitrogens is 2. The number of hydrogen-bond donors (Lipinski definition) is 10. The van der Waals surface area contributed by atoms with Gasteiger partial charge in [-0.15, -0.1) is 24.8 Å². The van der Waals surface area contributed by atoms with E-state index in [0.717, 1.165) is 43.2 Å². The minimum absolute atomic E-state index is 0. The average molecular weight is 860 g/mol. The summed E-state index contributed by atoms with van der Waals surface area (Å²) < 4.78 is 0. The lowest BCUT2D eigenvalue weighted by Crippen LogP contribution is -2.50. The minimum Gasteiger partial charge on any atom is -0.394 e. The Morgan fingerprint density at radius 1 is 0.825 bits per heavy atom. The Bertz CT molecular complexity index is 1630. The molecular weight excluding hydrogens is 799 g/mol. The van der Waals surface area contributed by atoms with Crippen LogP contribution in [-0.2, 0) is 12.8 Å². The topological polar surface area (TPSA) is 252 Å². The highest BCUT2D eigenvalue weighted by Crippen LogP contribution is 2.18. The fourth-order valence-corrected chi connectivity index (χ4v) is 6.21. The van der Waals surface area contributed by atoms with Gasteiger partial charge in [0.05, 0.1) is 12.7 Å². The number of nitrogens with two attached hydrogens (primary N) is 2. The van der Waals surface area contributed by atoms with Crippen LogP contribution in [0, 0.1) is 12.8 Å². The van der Waals surface area contributed by atoms with Crippen LogP contribution < -0.4 is 27.4 Å². The molecule has 0 saturated heterocycles. The van der Waals surface area contributed by atoms with E-state index in [0.29, 0.717) is 51.3 Å². The van der Waals surface area contributed by atoms with Gasteiger partial charge in [0.15, 0.2) is 22.5 Å². The van der Waals surface area contributed by atoms with Crippen molar-refractivity contribution in [3.63, 3.8) is 0 Å². The molecule has 57 heavy (non-hydrogen) atoms. The van der Waals surface area contributed by atoms with Crippen molar-refractivity contribution in [1.29, 1.82) is 0 Å². The molecule has 1 unspecified atom stereocenters. The number of nitrogens with one attached hydrogen (secondary N) is 3. The number of nitrogen functional groups attached to an aromatic ring is 2. The predicted octanol–water partition coefficient (Wildman–Crippen LogP) is 1.92. The summed E-state index contributed by atoms with van der Waals surface area (Å²) in [5.41, 5.74) is 15.3. The van der Waals surface area contributed by atoms with E-state index in [9.17, 15) is 30.0 Å². The van der Waals surface area contributed by atoms with E-state index in [4.69, 9.17) is 28.2 Å². The standard InChI is InChI=1S/C39H59ClN8O7.2ClH/c1-3-4-5-8-18-48(23-30(50)33(52)34(53)31(51)24-49)19-17-44-38(54)28-13-11-26(12-14-28)15-16-43-21-27(20-29-10-7-6-9-25(29)2)22-45-39(55)32-36(41)47-37(42)35(40)46-32;;/h6-7,9-14,27,30-31,33-34,43,49-53H,3-5,8,15-24H2,1-2H3,(H,44,54)(H,45,55)(H4,41,42,47);2*1H/t27?,30-,31+,33+,34+;;/m0../s1. The molecule has 0 spiro atoms. The van der Waals surface area contributed by atoms with E-state index in [1.807, 2.05) is 29.2 Å². The third-order valence-electron chi connectivity index (χ3n) is 9.49. The SMILES string of the molecule is CCCCCCN(CCNC(=O)c1ccc(CCNCC(CNC(=O)c2nc(Cl)c(N)nc2N)Cc2ccccc2C)cc1)C[C@H](O)[C@@H](O)[C@H](O)[C@H](O)CO.Cl.Cl. The molecule has 3 aromatic rings.